The summed E-state index contributed by atoms with van der Waals surface area (Å²) < 4.78 is 0. The van der Waals surface area contributed by atoms with E-state index in [1.807, 2.05) is 4.90 Å². The van der Waals surface area contributed by atoms with E-state index in [1.54, 1.807) is 0 Å². The lowest BCUT2D eigenvalue weighted by molar-refractivity contribution is -0.130. The minimum Gasteiger partial charge on any atom is -0.383 e. The van der Waals surface area contributed by atoms with E-state index in [0.717, 1.165) is 19.5 Å². The summed E-state index contributed by atoms with van der Waals surface area (Å²) in [5.74, 6) is 1.70. The fourth-order valence-electron chi connectivity index (χ4n) is 2.16. The third-order valence-corrected chi connectivity index (χ3v) is 3.91. The summed E-state index contributed by atoms with van der Waals surface area (Å²) in [4.78, 5) is 22.1. The second-order valence-electron chi connectivity index (χ2n) is 4.88. The third kappa shape index (κ3) is 3.99. The Morgan fingerprint density at radius 3 is 2.79 bits per heavy atom. The van der Waals surface area contributed by atoms with Gasteiger partial charge in [-0.1, -0.05) is 18.7 Å². The van der Waals surface area contributed by atoms with Crippen molar-refractivity contribution in [3.8, 4) is 0 Å². The predicted octanol–water partition coefficient (Wildman–Crippen LogP) is 0.992. The lowest BCUT2D eigenvalue weighted by Gasteiger charge is -2.30. The van der Waals surface area contributed by atoms with Crippen LogP contribution < -0.4 is 11.5 Å². The second kappa shape index (κ2) is 6.10. The number of nitrogen functional groups attached to an aromatic ring is 2. The molecule has 1 atom stereocenters. The van der Waals surface area contributed by atoms with Gasteiger partial charge in [0.05, 0.1) is 5.75 Å². The quantitative estimate of drug-likeness (QED) is 0.633. The van der Waals surface area contributed by atoms with Gasteiger partial charge in [-0.15, -0.1) is 0 Å². The minimum absolute atomic E-state index is 0.126. The molecule has 1 aliphatic rings. The van der Waals surface area contributed by atoms with E-state index in [2.05, 4.69) is 16.9 Å². The van der Waals surface area contributed by atoms with Crippen molar-refractivity contribution in [1.82, 2.24) is 14.9 Å². The van der Waals surface area contributed by atoms with Crippen LogP contribution in [0.4, 0.5) is 11.6 Å². The number of carbonyl (C=O) groups is 1. The normalized spacial score (nSPS) is 19.4. The molecule has 1 aromatic rings. The van der Waals surface area contributed by atoms with Crippen LogP contribution in [0.25, 0.3) is 0 Å². The number of likely N-dealkylation sites (tertiary alicyclic amines) is 1. The van der Waals surface area contributed by atoms with Crippen LogP contribution in [-0.2, 0) is 4.79 Å². The molecule has 0 bridgehead atoms. The van der Waals surface area contributed by atoms with Crippen LogP contribution in [-0.4, -0.2) is 39.6 Å². The molecule has 2 rings (SSSR count). The van der Waals surface area contributed by atoms with Crippen LogP contribution in [0.3, 0.4) is 0 Å². The Bertz CT molecular complexity index is 447. The molecule has 1 aromatic heterocycles. The molecule has 0 aromatic carbocycles. The van der Waals surface area contributed by atoms with Crippen LogP contribution in [0.5, 0.6) is 0 Å². The highest BCUT2D eigenvalue weighted by Gasteiger charge is 2.21. The van der Waals surface area contributed by atoms with E-state index in [1.165, 1.54) is 24.2 Å². The molecule has 0 saturated carbocycles. The molecule has 0 aliphatic carbocycles. The van der Waals surface area contributed by atoms with E-state index < -0.39 is 0 Å². The number of nitrogens with zero attached hydrogens (tertiary/aromatic N) is 3. The summed E-state index contributed by atoms with van der Waals surface area (Å²) in [5.41, 5.74) is 11.2. The highest BCUT2D eigenvalue weighted by molar-refractivity contribution is 7.99. The van der Waals surface area contributed by atoms with Gasteiger partial charge in [0.15, 0.2) is 5.16 Å². The molecule has 104 valence electrons. The molecule has 1 saturated heterocycles. The molecule has 4 N–H and O–H groups in total. The number of thioether (sulfide) groups is 1. The monoisotopic (exact) mass is 281 g/mol. The maximum atomic E-state index is 12.1. The van der Waals surface area contributed by atoms with E-state index in [0.29, 0.717) is 28.5 Å². The first-order valence-corrected chi connectivity index (χ1v) is 7.34. The summed E-state index contributed by atoms with van der Waals surface area (Å²) in [5, 5.41) is 0.455. The van der Waals surface area contributed by atoms with Gasteiger partial charge in [-0.05, 0) is 18.8 Å². The second-order valence-corrected chi connectivity index (χ2v) is 5.82. The van der Waals surface area contributed by atoms with Crippen molar-refractivity contribution in [1.29, 1.82) is 0 Å². The van der Waals surface area contributed by atoms with E-state index in [4.69, 9.17) is 11.5 Å². The van der Waals surface area contributed by atoms with Crippen molar-refractivity contribution in [2.24, 2.45) is 5.92 Å². The molecule has 0 spiro atoms. The summed E-state index contributed by atoms with van der Waals surface area (Å²) in [6, 6.07) is 1.50. The topological polar surface area (TPSA) is 98.1 Å². The Kier molecular flexibility index (Phi) is 4.47. The van der Waals surface area contributed by atoms with Gasteiger partial charge in [0.1, 0.15) is 11.6 Å². The van der Waals surface area contributed by atoms with Crippen LogP contribution in [0, 0.1) is 5.92 Å². The van der Waals surface area contributed by atoms with Crippen LogP contribution in [0.1, 0.15) is 19.8 Å². The Morgan fingerprint density at radius 2 is 2.16 bits per heavy atom. The molecule has 1 amide bonds. The van der Waals surface area contributed by atoms with Crippen molar-refractivity contribution >= 4 is 29.3 Å². The minimum atomic E-state index is 0.126. The molecular formula is C12H19N5OS. The van der Waals surface area contributed by atoms with Crippen molar-refractivity contribution in [3.63, 3.8) is 0 Å². The number of rotatable bonds is 3. The number of hydrogen-bond acceptors (Lipinski definition) is 6. The first-order valence-electron chi connectivity index (χ1n) is 6.35. The van der Waals surface area contributed by atoms with E-state index >= 15 is 0 Å². The van der Waals surface area contributed by atoms with Crippen molar-refractivity contribution in [3.05, 3.63) is 6.07 Å². The Balaban J connectivity index is 1.89. The Morgan fingerprint density at radius 1 is 1.47 bits per heavy atom. The van der Waals surface area contributed by atoms with E-state index in [-0.39, 0.29) is 5.91 Å². The van der Waals surface area contributed by atoms with Crippen LogP contribution in [0.15, 0.2) is 11.2 Å². The zero-order valence-electron chi connectivity index (χ0n) is 11.0. The van der Waals surface area contributed by atoms with Gasteiger partial charge < -0.3 is 16.4 Å². The average Bonchev–Trinajstić information content (AvgIpc) is 2.35. The number of piperidine rings is 1. The Labute approximate surface area is 117 Å². The molecule has 2 heterocycles. The molecular weight excluding hydrogens is 262 g/mol. The van der Waals surface area contributed by atoms with Gasteiger partial charge in [0, 0.05) is 19.2 Å². The Hall–Kier alpha value is -1.50. The van der Waals surface area contributed by atoms with E-state index in [9.17, 15) is 4.79 Å². The van der Waals surface area contributed by atoms with Crippen LogP contribution >= 0.6 is 11.8 Å². The average molecular weight is 281 g/mol. The van der Waals surface area contributed by atoms with Gasteiger partial charge >= 0.3 is 0 Å². The van der Waals surface area contributed by atoms with Gasteiger partial charge in [-0.25, -0.2) is 9.97 Å². The van der Waals surface area contributed by atoms with Gasteiger partial charge in [0.25, 0.3) is 0 Å². The first-order chi connectivity index (χ1) is 9.04. The SMILES string of the molecule is C[C@H]1CCCN(C(=O)CSc2nc(N)cc(N)n2)C1. The molecule has 19 heavy (non-hydrogen) atoms. The molecule has 0 radical (unpaired) electrons. The molecule has 1 fully saturated rings. The highest BCUT2D eigenvalue weighted by Crippen LogP contribution is 2.20. The highest BCUT2D eigenvalue weighted by atomic mass is 32.2. The van der Waals surface area contributed by atoms with Gasteiger partial charge in [0.2, 0.25) is 5.91 Å². The number of anilines is 2. The standard InChI is InChI=1S/C12H19N5OS/c1-8-3-2-4-17(6-8)11(18)7-19-12-15-9(13)5-10(14)16-12/h5,8H,2-4,6-7H2,1H3,(H4,13,14,15,16)/t8-/m0/s1. The molecule has 7 heteroatoms. The number of aromatic nitrogens is 2. The summed E-state index contributed by atoms with van der Waals surface area (Å²) in [6.45, 7) is 3.87. The van der Waals surface area contributed by atoms with Gasteiger partial charge in [-0.3, -0.25) is 4.79 Å². The van der Waals surface area contributed by atoms with Crippen molar-refractivity contribution < 1.29 is 4.79 Å². The lowest BCUT2D eigenvalue weighted by Crippen LogP contribution is -2.40. The molecule has 0 unspecified atom stereocenters. The number of hydrogen-bond donors (Lipinski definition) is 2. The summed E-state index contributed by atoms with van der Waals surface area (Å²) in [6.07, 6.45) is 2.28. The molecule has 6 nitrogen and oxygen atoms in total. The predicted molar refractivity (Wildman–Crippen MR) is 76.6 cm³/mol. The number of amides is 1. The van der Waals surface area contributed by atoms with Gasteiger partial charge in [-0.2, -0.15) is 0 Å². The maximum Gasteiger partial charge on any atom is 0.233 e. The summed E-state index contributed by atoms with van der Waals surface area (Å²) >= 11 is 1.28. The molecule has 1 aliphatic heterocycles. The van der Waals surface area contributed by atoms with Crippen molar-refractivity contribution in [2.75, 3.05) is 30.3 Å². The first kappa shape index (κ1) is 13.9. The summed E-state index contributed by atoms with van der Waals surface area (Å²) in [7, 11) is 0. The largest absolute Gasteiger partial charge is 0.383 e. The number of nitrogens with two attached hydrogens (primary N) is 2. The van der Waals surface area contributed by atoms with Crippen molar-refractivity contribution in [2.45, 2.75) is 24.9 Å². The smallest absolute Gasteiger partial charge is 0.233 e. The lowest BCUT2D eigenvalue weighted by atomic mass is 10.0. The fourth-order valence-corrected chi connectivity index (χ4v) is 2.94. The third-order valence-electron chi connectivity index (χ3n) is 3.08. The number of carbonyl (C=O) groups excluding carboxylic acids is 1. The maximum absolute atomic E-state index is 12.1. The fraction of sp³-hybridized carbons (Fsp3) is 0.583. The zero-order chi connectivity index (χ0) is 13.8. The van der Waals surface area contributed by atoms with Crippen LogP contribution in [0.2, 0.25) is 0 Å². The zero-order valence-corrected chi connectivity index (χ0v) is 11.8.